The van der Waals surface area contributed by atoms with Crippen LogP contribution in [-0.2, 0) is 13.1 Å². The number of ether oxygens (including phenoxy) is 2. The quantitative estimate of drug-likeness (QED) is 0.275. The summed E-state index contributed by atoms with van der Waals surface area (Å²) in [4.78, 5) is 20.1. The van der Waals surface area contributed by atoms with E-state index in [-0.39, 0.29) is 5.91 Å². The number of benzene rings is 3. The first-order valence-corrected chi connectivity index (χ1v) is 11.6. The minimum absolute atomic E-state index is 0.128. The van der Waals surface area contributed by atoms with Crippen LogP contribution in [0.4, 0.5) is 0 Å². The molecule has 1 heterocycles. The van der Waals surface area contributed by atoms with Crippen molar-refractivity contribution in [1.82, 2.24) is 9.88 Å². The third-order valence-electron chi connectivity index (χ3n) is 5.57. The van der Waals surface area contributed by atoms with Gasteiger partial charge in [0.2, 0.25) is 0 Å². The number of amides is 1. The van der Waals surface area contributed by atoms with Gasteiger partial charge in [0, 0.05) is 30.1 Å². The highest BCUT2D eigenvalue weighted by molar-refractivity contribution is 6.30. The molecule has 4 rings (SSSR count). The van der Waals surface area contributed by atoms with E-state index in [2.05, 4.69) is 11.1 Å². The molecular weight excluding hydrogens is 448 g/mol. The molecule has 1 aromatic heterocycles. The number of aromatic nitrogens is 1. The van der Waals surface area contributed by atoms with Gasteiger partial charge in [-0.15, -0.1) is 0 Å². The Hall–Kier alpha value is -3.57. The fraction of sp³-hybridized carbons (Fsp3) is 0.214. The minimum atomic E-state index is -0.128. The van der Waals surface area contributed by atoms with Gasteiger partial charge in [-0.2, -0.15) is 0 Å². The average Bonchev–Trinajstić information content (AvgIpc) is 2.84. The van der Waals surface area contributed by atoms with E-state index in [0.717, 1.165) is 27.6 Å². The largest absolute Gasteiger partial charge is 0.497 e. The van der Waals surface area contributed by atoms with Crippen LogP contribution in [0.2, 0.25) is 5.15 Å². The molecule has 0 saturated carbocycles. The Morgan fingerprint density at radius 1 is 1.00 bits per heavy atom. The van der Waals surface area contributed by atoms with E-state index < -0.39 is 0 Å². The highest BCUT2D eigenvalue weighted by atomic mass is 35.5. The zero-order valence-corrected chi connectivity index (χ0v) is 20.3. The van der Waals surface area contributed by atoms with Crippen molar-refractivity contribution < 1.29 is 14.3 Å². The van der Waals surface area contributed by atoms with Gasteiger partial charge in [-0.25, -0.2) is 4.98 Å². The molecule has 0 fully saturated rings. The Morgan fingerprint density at radius 3 is 2.59 bits per heavy atom. The van der Waals surface area contributed by atoms with Crippen molar-refractivity contribution in [3.05, 3.63) is 100 Å². The number of nitrogens with zero attached hydrogens (tertiary/aromatic N) is 2. The molecule has 4 aromatic rings. The van der Waals surface area contributed by atoms with Gasteiger partial charge in [0.15, 0.2) is 0 Å². The molecule has 0 N–H and O–H groups in total. The summed E-state index contributed by atoms with van der Waals surface area (Å²) in [6, 6.07) is 23.1. The number of carbonyl (C=O) groups is 1. The number of halogens is 1. The van der Waals surface area contributed by atoms with Gasteiger partial charge in [0.1, 0.15) is 16.7 Å². The van der Waals surface area contributed by atoms with Crippen LogP contribution in [0.3, 0.4) is 0 Å². The summed E-state index contributed by atoms with van der Waals surface area (Å²) in [5.74, 6) is 1.16. The van der Waals surface area contributed by atoms with E-state index in [1.54, 1.807) is 18.1 Å². The Bertz CT molecular complexity index is 1320. The summed E-state index contributed by atoms with van der Waals surface area (Å²) in [6.07, 6.45) is 0. The van der Waals surface area contributed by atoms with Gasteiger partial charge in [0.05, 0.1) is 24.8 Å². The lowest BCUT2D eigenvalue weighted by atomic mass is 10.1. The summed E-state index contributed by atoms with van der Waals surface area (Å²) < 4.78 is 11.0. The molecule has 0 aliphatic carbocycles. The average molecular weight is 475 g/mol. The van der Waals surface area contributed by atoms with Gasteiger partial charge >= 0.3 is 0 Å². The normalized spacial score (nSPS) is 10.8. The number of fused-ring (bicyclic) bond motifs is 1. The summed E-state index contributed by atoms with van der Waals surface area (Å²) in [6.45, 7) is 5.16. The second kappa shape index (κ2) is 10.6. The van der Waals surface area contributed by atoms with Crippen molar-refractivity contribution in [2.75, 3.05) is 13.7 Å². The van der Waals surface area contributed by atoms with Gasteiger partial charge in [0.25, 0.3) is 5.91 Å². The number of carbonyl (C=O) groups excluding carboxylic acids is 1. The summed E-state index contributed by atoms with van der Waals surface area (Å²) in [5, 5.41) is 1.29. The summed E-state index contributed by atoms with van der Waals surface area (Å²) >= 11 is 6.59. The SMILES string of the molecule is CCOc1ccccc1C(=O)N(Cc1cccc(C)c1)Cc1cc2ccc(OC)cc2nc1Cl. The molecule has 1 amide bonds. The lowest BCUT2D eigenvalue weighted by Crippen LogP contribution is -2.30. The van der Waals surface area contributed by atoms with E-state index in [0.29, 0.717) is 41.9 Å². The Balaban J connectivity index is 1.72. The second-order valence-electron chi connectivity index (χ2n) is 8.08. The van der Waals surface area contributed by atoms with Gasteiger partial charge in [-0.05, 0) is 49.7 Å². The molecule has 3 aromatic carbocycles. The fourth-order valence-electron chi connectivity index (χ4n) is 3.94. The number of hydrogen-bond acceptors (Lipinski definition) is 4. The van der Waals surface area contributed by atoms with Crippen molar-refractivity contribution in [2.45, 2.75) is 26.9 Å². The highest BCUT2D eigenvalue weighted by Gasteiger charge is 2.22. The number of aryl methyl sites for hydroxylation is 1. The summed E-state index contributed by atoms with van der Waals surface area (Å²) in [5.41, 5.74) is 4.21. The van der Waals surface area contributed by atoms with Crippen LogP contribution in [0.1, 0.15) is 34.0 Å². The van der Waals surface area contributed by atoms with Crippen LogP contribution in [0.15, 0.2) is 72.8 Å². The topological polar surface area (TPSA) is 51.7 Å². The first kappa shape index (κ1) is 23.6. The maximum atomic E-state index is 13.8. The zero-order chi connectivity index (χ0) is 24.1. The van der Waals surface area contributed by atoms with Gasteiger partial charge in [-0.1, -0.05) is 53.6 Å². The van der Waals surface area contributed by atoms with Crippen LogP contribution >= 0.6 is 11.6 Å². The van der Waals surface area contributed by atoms with Crippen LogP contribution in [0.5, 0.6) is 11.5 Å². The van der Waals surface area contributed by atoms with Crippen LogP contribution < -0.4 is 9.47 Å². The molecule has 0 unspecified atom stereocenters. The van der Waals surface area contributed by atoms with E-state index in [1.807, 2.05) is 74.5 Å². The number of para-hydroxylation sites is 1. The molecule has 6 heteroatoms. The first-order chi connectivity index (χ1) is 16.5. The predicted molar refractivity (Wildman–Crippen MR) is 136 cm³/mol. The Morgan fingerprint density at radius 2 is 1.82 bits per heavy atom. The van der Waals surface area contributed by atoms with E-state index in [9.17, 15) is 4.79 Å². The number of methoxy groups -OCH3 is 1. The van der Waals surface area contributed by atoms with Crippen molar-refractivity contribution in [1.29, 1.82) is 0 Å². The third-order valence-corrected chi connectivity index (χ3v) is 5.90. The van der Waals surface area contributed by atoms with Gasteiger partial charge < -0.3 is 14.4 Å². The lowest BCUT2D eigenvalue weighted by Gasteiger charge is -2.25. The second-order valence-corrected chi connectivity index (χ2v) is 8.43. The smallest absolute Gasteiger partial charge is 0.258 e. The summed E-state index contributed by atoms with van der Waals surface area (Å²) in [7, 11) is 1.62. The molecule has 0 saturated heterocycles. The standard InChI is InChI=1S/C28H27ClN2O3/c1-4-34-26-11-6-5-10-24(26)28(32)31(17-20-9-7-8-19(2)14-20)18-22-15-21-12-13-23(33-3)16-25(21)30-27(22)29/h5-16H,4,17-18H2,1-3H3. The molecule has 0 aliphatic heterocycles. The van der Waals surface area contributed by atoms with Crippen molar-refractivity contribution in [3.8, 4) is 11.5 Å². The molecule has 34 heavy (non-hydrogen) atoms. The number of pyridine rings is 1. The highest BCUT2D eigenvalue weighted by Crippen LogP contribution is 2.27. The number of rotatable bonds is 8. The van der Waals surface area contributed by atoms with Crippen molar-refractivity contribution in [3.63, 3.8) is 0 Å². The van der Waals surface area contributed by atoms with E-state index in [4.69, 9.17) is 21.1 Å². The van der Waals surface area contributed by atoms with Gasteiger partial charge in [-0.3, -0.25) is 4.79 Å². The molecular formula is C28H27ClN2O3. The molecule has 0 radical (unpaired) electrons. The molecule has 0 spiro atoms. The third kappa shape index (κ3) is 5.32. The maximum Gasteiger partial charge on any atom is 0.258 e. The van der Waals surface area contributed by atoms with Crippen molar-refractivity contribution >= 4 is 28.4 Å². The first-order valence-electron chi connectivity index (χ1n) is 11.2. The molecule has 0 atom stereocenters. The Kier molecular flexibility index (Phi) is 7.33. The zero-order valence-electron chi connectivity index (χ0n) is 19.5. The van der Waals surface area contributed by atoms with Crippen LogP contribution in [0.25, 0.3) is 10.9 Å². The van der Waals surface area contributed by atoms with Crippen molar-refractivity contribution in [2.24, 2.45) is 0 Å². The molecule has 0 aliphatic rings. The van der Waals surface area contributed by atoms with Crippen LogP contribution in [0, 0.1) is 6.92 Å². The van der Waals surface area contributed by atoms with E-state index in [1.165, 1.54) is 0 Å². The minimum Gasteiger partial charge on any atom is -0.497 e. The Labute approximate surface area is 204 Å². The van der Waals surface area contributed by atoms with E-state index >= 15 is 0 Å². The van der Waals surface area contributed by atoms with Crippen LogP contribution in [-0.4, -0.2) is 29.5 Å². The lowest BCUT2D eigenvalue weighted by molar-refractivity contribution is 0.0725. The fourth-order valence-corrected chi connectivity index (χ4v) is 4.14. The number of hydrogen-bond donors (Lipinski definition) is 0. The molecule has 5 nitrogen and oxygen atoms in total. The monoisotopic (exact) mass is 474 g/mol. The molecule has 174 valence electrons. The predicted octanol–water partition coefficient (Wildman–Crippen LogP) is 6.45. The maximum absolute atomic E-state index is 13.8. The molecule has 0 bridgehead atoms.